The summed E-state index contributed by atoms with van der Waals surface area (Å²) >= 11 is 12.1. The zero-order valence-electron chi connectivity index (χ0n) is 18.4. The van der Waals surface area contributed by atoms with Crippen molar-refractivity contribution in [2.45, 2.75) is 17.6 Å². The number of nitrogens with zero attached hydrogens (tertiary/aromatic N) is 2. The fourth-order valence-corrected chi connectivity index (χ4v) is 5.07. The molecule has 0 fully saturated rings. The van der Waals surface area contributed by atoms with E-state index in [0.29, 0.717) is 4.57 Å². The van der Waals surface area contributed by atoms with Crippen molar-refractivity contribution < 1.29 is 31.2 Å². The zero-order chi connectivity index (χ0) is 27.0. The van der Waals surface area contributed by atoms with Crippen molar-refractivity contribution in [3.05, 3.63) is 88.2 Å². The highest BCUT2D eigenvalue weighted by Gasteiger charge is 2.38. The van der Waals surface area contributed by atoms with Crippen LogP contribution in [0, 0.1) is 0 Å². The van der Waals surface area contributed by atoms with Crippen LogP contribution in [0.5, 0.6) is 0 Å². The van der Waals surface area contributed by atoms with Crippen LogP contribution in [0.3, 0.4) is 0 Å². The first kappa shape index (κ1) is 26.5. The number of anilines is 1. The summed E-state index contributed by atoms with van der Waals surface area (Å²) in [5.74, 6) is -3.49. The molecule has 14 heteroatoms. The second kappa shape index (κ2) is 10.0. The lowest BCUT2D eigenvalue weighted by molar-refractivity contribution is -0.147. The predicted molar refractivity (Wildman–Crippen MR) is 131 cm³/mol. The van der Waals surface area contributed by atoms with Crippen LogP contribution >= 0.6 is 23.2 Å². The van der Waals surface area contributed by atoms with Gasteiger partial charge in [0.15, 0.2) is 0 Å². The number of para-hydroxylation sites is 1. The molecule has 0 aliphatic carbocycles. The quantitative estimate of drug-likeness (QED) is 0.334. The van der Waals surface area contributed by atoms with Gasteiger partial charge in [-0.05, 0) is 36.4 Å². The second-order valence-corrected chi connectivity index (χ2v) is 10.1. The molecule has 0 bridgehead atoms. The third-order valence-corrected chi connectivity index (χ3v) is 7.09. The van der Waals surface area contributed by atoms with Crippen molar-refractivity contribution in [3.63, 3.8) is 0 Å². The topological polar surface area (TPSA) is 110 Å². The molecule has 0 radical (unpaired) electrons. The Hall–Kier alpha value is -3.61. The Bertz CT molecular complexity index is 1600. The molecule has 4 rings (SSSR count). The van der Waals surface area contributed by atoms with Crippen molar-refractivity contribution in [2.75, 3.05) is 5.32 Å². The number of rotatable bonds is 6. The van der Waals surface area contributed by atoms with Crippen LogP contribution in [0.25, 0.3) is 11.0 Å². The summed E-state index contributed by atoms with van der Waals surface area (Å²) in [5, 5.41) is 2.49. The minimum absolute atomic E-state index is 0.0231. The highest BCUT2D eigenvalue weighted by atomic mass is 35.5. The van der Waals surface area contributed by atoms with E-state index in [9.17, 15) is 31.2 Å². The Morgan fingerprint density at radius 3 is 2.16 bits per heavy atom. The minimum Gasteiger partial charge on any atom is -0.320 e. The highest BCUT2D eigenvalue weighted by Crippen LogP contribution is 2.34. The molecule has 1 aromatic heterocycles. The van der Waals surface area contributed by atoms with E-state index in [1.54, 1.807) is 10.8 Å². The summed E-state index contributed by atoms with van der Waals surface area (Å²) in [6, 6.07) is 15.1. The lowest BCUT2D eigenvalue weighted by Crippen LogP contribution is -2.34. The number of alkyl halides is 3. The first-order valence-electron chi connectivity index (χ1n) is 10.3. The monoisotopic (exact) mass is 570 g/mol. The third-order valence-electron chi connectivity index (χ3n) is 5.07. The average Bonchev–Trinajstić information content (AvgIpc) is 3.19. The van der Waals surface area contributed by atoms with Gasteiger partial charge in [-0.25, -0.2) is 18.1 Å². The van der Waals surface area contributed by atoms with Crippen LogP contribution < -0.4 is 10.0 Å². The van der Waals surface area contributed by atoms with Crippen LogP contribution in [0.15, 0.2) is 71.6 Å². The number of benzene rings is 3. The summed E-state index contributed by atoms with van der Waals surface area (Å²) < 4.78 is 68.7. The Morgan fingerprint density at radius 1 is 0.919 bits per heavy atom. The van der Waals surface area contributed by atoms with E-state index < -0.39 is 40.4 Å². The van der Waals surface area contributed by atoms with Crippen LogP contribution in [0.1, 0.15) is 16.2 Å². The van der Waals surface area contributed by atoms with E-state index >= 15 is 0 Å². The van der Waals surface area contributed by atoms with Crippen LogP contribution in [-0.4, -0.2) is 29.8 Å². The van der Waals surface area contributed by atoms with Gasteiger partial charge < -0.3 is 9.88 Å². The van der Waals surface area contributed by atoms with E-state index in [2.05, 4.69) is 10.3 Å². The van der Waals surface area contributed by atoms with Gasteiger partial charge in [-0.15, -0.1) is 0 Å². The van der Waals surface area contributed by atoms with Gasteiger partial charge in [0.2, 0.25) is 5.82 Å². The minimum atomic E-state index is -5.01. The molecule has 0 aliphatic rings. The molecule has 4 aromatic rings. The number of sulfonamides is 1. The number of carbonyl (C=O) groups excluding carboxylic acids is 2. The number of amides is 2. The Kier molecular flexibility index (Phi) is 7.18. The van der Waals surface area contributed by atoms with Crippen molar-refractivity contribution >= 4 is 61.8 Å². The van der Waals surface area contributed by atoms with Crippen molar-refractivity contribution in [3.8, 4) is 0 Å². The Labute approximate surface area is 218 Å². The molecule has 0 saturated heterocycles. The van der Waals surface area contributed by atoms with Crippen molar-refractivity contribution in [1.82, 2.24) is 14.3 Å². The molecule has 2 amide bonds. The number of hydrogen-bond donors (Lipinski definition) is 2. The summed E-state index contributed by atoms with van der Waals surface area (Å²) in [6.45, 7) is -1.02. The standard InChI is InChI=1S/C23H15Cl2F3N4O4S/c24-14-8-4-9-15(25)19(14)21(34)29-16-10-5-11-17-20(16)30-22(23(26,27)28)32(17)12-18(33)31-37(35,36)13-6-2-1-3-7-13/h1-11H,12H2,(H,29,34)(H,31,33). The van der Waals surface area contributed by atoms with Crippen molar-refractivity contribution in [2.24, 2.45) is 0 Å². The lowest BCUT2D eigenvalue weighted by Gasteiger charge is -2.12. The molecule has 2 N–H and O–H groups in total. The zero-order valence-corrected chi connectivity index (χ0v) is 20.7. The Balaban J connectivity index is 1.71. The van der Waals surface area contributed by atoms with Gasteiger partial charge in [-0.2, -0.15) is 13.2 Å². The number of fused-ring (bicyclic) bond motifs is 1. The highest BCUT2D eigenvalue weighted by molar-refractivity contribution is 7.90. The smallest absolute Gasteiger partial charge is 0.320 e. The average molecular weight is 571 g/mol. The molecule has 0 spiro atoms. The first-order valence-corrected chi connectivity index (χ1v) is 12.5. The molecular weight excluding hydrogens is 556 g/mol. The SMILES string of the molecule is O=C(Cn1c(C(F)(F)F)nc2c(NC(=O)c3c(Cl)cccc3Cl)cccc21)NS(=O)(=O)c1ccccc1. The summed E-state index contributed by atoms with van der Waals surface area (Å²) in [4.78, 5) is 28.7. The molecular formula is C23H15Cl2F3N4O4S. The summed E-state index contributed by atoms with van der Waals surface area (Å²) in [6.07, 6.45) is -5.01. The van der Waals surface area contributed by atoms with Gasteiger partial charge in [0.05, 0.1) is 31.7 Å². The molecule has 0 atom stereocenters. The van der Waals surface area contributed by atoms with Crippen LogP contribution in [0.2, 0.25) is 10.0 Å². The fraction of sp³-hybridized carbons (Fsp3) is 0.0870. The summed E-state index contributed by atoms with van der Waals surface area (Å²) in [7, 11) is -4.32. The van der Waals surface area contributed by atoms with Gasteiger partial charge in [0.25, 0.3) is 21.8 Å². The normalized spacial score (nSPS) is 11.9. The molecule has 0 saturated carbocycles. The van der Waals surface area contributed by atoms with Gasteiger partial charge >= 0.3 is 6.18 Å². The number of carbonyl (C=O) groups is 2. The number of imidazole rings is 1. The molecule has 0 unspecified atom stereocenters. The number of aromatic nitrogens is 2. The third kappa shape index (κ3) is 5.55. The number of nitrogens with one attached hydrogen (secondary N) is 2. The van der Waals surface area contributed by atoms with Gasteiger partial charge in [0, 0.05) is 0 Å². The molecule has 3 aromatic carbocycles. The predicted octanol–water partition coefficient (Wildman–Crippen LogP) is 5.12. The van der Waals surface area contributed by atoms with Gasteiger partial charge in [-0.1, -0.05) is 53.5 Å². The van der Waals surface area contributed by atoms with Crippen LogP contribution in [0.4, 0.5) is 18.9 Å². The molecule has 37 heavy (non-hydrogen) atoms. The van der Waals surface area contributed by atoms with E-state index in [0.717, 1.165) is 0 Å². The maximum absolute atomic E-state index is 13.8. The van der Waals surface area contributed by atoms with Gasteiger partial charge in [-0.3, -0.25) is 9.59 Å². The number of hydrogen-bond acceptors (Lipinski definition) is 5. The first-order chi connectivity index (χ1) is 17.4. The summed E-state index contributed by atoms with van der Waals surface area (Å²) in [5.41, 5.74) is -0.670. The lowest BCUT2D eigenvalue weighted by atomic mass is 10.2. The number of halogens is 5. The molecule has 8 nitrogen and oxygen atoms in total. The van der Waals surface area contributed by atoms with E-state index in [4.69, 9.17) is 23.2 Å². The fourth-order valence-electron chi connectivity index (χ4n) is 3.51. The molecule has 1 heterocycles. The second-order valence-electron chi connectivity index (χ2n) is 7.59. The maximum atomic E-state index is 13.8. The van der Waals surface area contributed by atoms with Crippen LogP contribution in [-0.2, 0) is 27.5 Å². The molecule has 192 valence electrons. The largest absolute Gasteiger partial charge is 0.449 e. The maximum Gasteiger partial charge on any atom is 0.449 e. The molecule has 0 aliphatic heterocycles. The van der Waals surface area contributed by atoms with Gasteiger partial charge in [0.1, 0.15) is 12.1 Å². The van der Waals surface area contributed by atoms with E-state index in [1.165, 1.54) is 60.7 Å². The van der Waals surface area contributed by atoms with E-state index in [1.807, 2.05) is 0 Å². The van der Waals surface area contributed by atoms with Crippen molar-refractivity contribution in [1.29, 1.82) is 0 Å². The van der Waals surface area contributed by atoms with E-state index in [-0.39, 0.29) is 37.2 Å². The Morgan fingerprint density at radius 2 is 1.54 bits per heavy atom.